The van der Waals surface area contributed by atoms with Crippen LogP contribution in [0.3, 0.4) is 0 Å². The molecule has 18 heavy (non-hydrogen) atoms. The van der Waals surface area contributed by atoms with Crippen molar-refractivity contribution in [2.45, 2.75) is 13.0 Å². The fourth-order valence-corrected chi connectivity index (χ4v) is 2.49. The van der Waals surface area contributed by atoms with E-state index in [1.807, 2.05) is 11.8 Å². The Morgan fingerprint density at radius 3 is 2.94 bits per heavy atom. The second-order valence-electron chi connectivity index (χ2n) is 4.19. The molecule has 4 nitrogen and oxygen atoms in total. The Bertz CT molecular complexity index is 481. The minimum Gasteiger partial charge on any atom is -0.478 e. The number of carbonyl (C=O) groups is 1. The summed E-state index contributed by atoms with van der Waals surface area (Å²) in [7, 11) is 0. The number of carboxylic acids is 1. The van der Waals surface area contributed by atoms with Crippen molar-refractivity contribution in [3.63, 3.8) is 0 Å². The molecule has 98 valence electrons. The van der Waals surface area contributed by atoms with E-state index in [9.17, 15) is 9.18 Å². The third kappa shape index (κ3) is 2.49. The van der Waals surface area contributed by atoms with Crippen molar-refractivity contribution in [3.8, 4) is 0 Å². The van der Waals surface area contributed by atoms with E-state index in [0.717, 1.165) is 0 Å². The van der Waals surface area contributed by atoms with Crippen LogP contribution in [0.4, 0.5) is 10.1 Å². The van der Waals surface area contributed by atoms with Gasteiger partial charge in [-0.1, -0.05) is 0 Å². The summed E-state index contributed by atoms with van der Waals surface area (Å²) in [5, 5.41) is 8.90. The number of morpholine rings is 1. The quantitative estimate of drug-likeness (QED) is 0.910. The summed E-state index contributed by atoms with van der Waals surface area (Å²) in [6.07, 6.45) is 0.0380. The average Bonchev–Trinajstić information content (AvgIpc) is 2.32. The van der Waals surface area contributed by atoms with Gasteiger partial charge < -0.3 is 14.7 Å². The molecule has 1 aliphatic rings. The summed E-state index contributed by atoms with van der Waals surface area (Å²) in [5.74, 6) is -1.69. The number of hydrogen-bond donors (Lipinski definition) is 1. The fraction of sp³-hybridized carbons (Fsp3) is 0.417. The van der Waals surface area contributed by atoms with Crippen LogP contribution in [0.5, 0.6) is 0 Å². The Balaban J connectivity index is 2.34. The van der Waals surface area contributed by atoms with E-state index in [-0.39, 0.29) is 16.1 Å². The molecule has 1 aromatic carbocycles. The van der Waals surface area contributed by atoms with Crippen molar-refractivity contribution in [2.75, 3.05) is 24.6 Å². The monoisotopic (exact) mass is 317 g/mol. The van der Waals surface area contributed by atoms with Gasteiger partial charge in [-0.25, -0.2) is 9.18 Å². The molecular weight excluding hydrogens is 305 g/mol. The SMILES string of the molecule is CC1CN(c2ccc(C(=O)O)c(Br)c2F)CCO1. The zero-order valence-corrected chi connectivity index (χ0v) is 11.4. The van der Waals surface area contributed by atoms with Gasteiger partial charge in [0.05, 0.1) is 28.4 Å². The van der Waals surface area contributed by atoms with Gasteiger partial charge >= 0.3 is 5.97 Å². The summed E-state index contributed by atoms with van der Waals surface area (Å²) in [5.41, 5.74) is 0.333. The van der Waals surface area contributed by atoms with E-state index in [1.165, 1.54) is 12.1 Å². The zero-order chi connectivity index (χ0) is 13.3. The minimum absolute atomic E-state index is 0.00774. The first-order valence-electron chi connectivity index (χ1n) is 5.58. The van der Waals surface area contributed by atoms with Crippen LogP contribution >= 0.6 is 15.9 Å². The number of aromatic carboxylic acids is 1. The van der Waals surface area contributed by atoms with Crippen LogP contribution in [0, 0.1) is 5.82 Å². The highest BCUT2D eigenvalue weighted by Crippen LogP contribution is 2.30. The average molecular weight is 318 g/mol. The van der Waals surface area contributed by atoms with Crippen molar-refractivity contribution in [3.05, 3.63) is 28.0 Å². The van der Waals surface area contributed by atoms with Crippen LogP contribution in [0.1, 0.15) is 17.3 Å². The van der Waals surface area contributed by atoms with Gasteiger partial charge in [0.2, 0.25) is 0 Å². The number of nitrogens with zero attached hydrogens (tertiary/aromatic N) is 1. The molecule has 1 unspecified atom stereocenters. The summed E-state index contributed by atoms with van der Waals surface area (Å²) in [4.78, 5) is 12.7. The number of ether oxygens (including phenoxy) is 1. The molecule has 0 aliphatic carbocycles. The predicted molar refractivity (Wildman–Crippen MR) is 68.7 cm³/mol. The highest BCUT2D eigenvalue weighted by atomic mass is 79.9. The van der Waals surface area contributed by atoms with Gasteiger partial charge in [0.1, 0.15) is 0 Å². The van der Waals surface area contributed by atoms with Gasteiger partial charge in [-0.2, -0.15) is 0 Å². The van der Waals surface area contributed by atoms with E-state index in [4.69, 9.17) is 9.84 Å². The molecular formula is C12H13BrFNO3. The maximum Gasteiger partial charge on any atom is 0.336 e. The maximum absolute atomic E-state index is 14.1. The first-order chi connectivity index (χ1) is 8.50. The second kappa shape index (κ2) is 5.24. The molecule has 0 saturated carbocycles. The summed E-state index contributed by atoms with van der Waals surface area (Å²) < 4.78 is 19.5. The summed E-state index contributed by atoms with van der Waals surface area (Å²) in [6, 6.07) is 2.91. The van der Waals surface area contributed by atoms with E-state index in [2.05, 4.69) is 15.9 Å². The van der Waals surface area contributed by atoms with Crippen LogP contribution in [0.15, 0.2) is 16.6 Å². The predicted octanol–water partition coefficient (Wildman–Crippen LogP) is 2.51. The summed E-state index contributed by atoms with van der Waals surface area (Å²) in [6.45, 7) is 3.65. The Labute approximate surface area is 112 Å². The fourth-order valence-electron chi connectivity index (χ4n) is 1.99. The van der Waals surface area contributed by atoms with Crippen molar-refractivity contribution in [2.24, 2.45) is 0 Å². The first-order valence-corrected chi connectivity index (χ1v) is 6.38. The third-order valence-corrected chi connectivity index (χ3v) is 3.65. The number of benzene rings is 1. The van der Waals surface area contributed by atoms with Gasteiger partial charge in [0, 0.05) is 13.1 Å². The molecule has 1 fully saturated rings. The normalized spacial score (nSPS) is 19.9. The largest absolute Gasteiger partial charge is 0.478 e. The minimum atomic E-state index is -1.15. The molecule has 0 bridgehead atoms. The van der Waals surface area contributed by atoms with Gasteiger partial charge in [-0.3, -0.25) is 0 Å². The van der Waals surface area contributed by atoms with Crippen molar-refractivity contribution in [1.82, 2.24) is 0 Å². The topological polar surface area (TPSA) is 49.8 Å². The van der Waals surface area contributed by atoms with Crippen LogP contribution in [0.2, 0.25) is 0 Å². The molecule has 2 rings (SSSR count). The Kier molecular flexibility index (Phi) is 3.87. The molecule has 1 atom stereocenters. The molecule has 1 aliphatic heterocycles. The Hall–Kier alpha value is -1.14. The second-order valence-corrected chi connectivity index (χ2v) is 4.99. The van der Waals surface area contributed by atoms with Crippen molar-refractivity contribution < 1.29 is 19.0 Å². The molecule has 1 N–H and O–H groups in total. The van der Waals surface area contributed by atoms with Crippen LogP contribution < -0.4 is 4.90 Å². The van der Waals surface area contributed by atoms with Crippen molar-refractivity contribution >= 4 is 27.6 Å². The molecule has 6 heteroatoms. The lowest BCUT2D eigenvalue weighted by Gasteiger charge is -2.33. The number of halogens is 2. The molecule has 0 aromatic heterocycles. The molecule has 1 heterocycles. The lowest BCUT2D eigenvalue weighted by molar-refractivity contribution is 0.0529. The van der Waals surface area contributed by atoms with Crippen LogP contribution in [-0.4, -0.2) is 36.9 Å². The summed E-state index contributed by atoms with van der Waals surface area (Å²) >= 11 is 3.00. The number of rotatable bonds is 2. The molecule has 1 saturated heterocycles. The zero-order valence-electron chi connectivity index (χ0n) is 9.82. The molecule has 1 aromatic rings. The number of anilines is 1. The van der Waals surface area contributed by atoms with Gasteiger partial charge in [-0.15, -0.1) is 0 Å². The number of hydrogen-bond acceptors (Lipinski definition) is 3. The van der Waals surface area contributed by atoms with Gasteiger partial charge in [0.15, 0.2) is 5.82 Å². The third-order valence-electron chi connectivity index (χ3n) is 2.87. The first kappa shape index (κ1) is 13.3. The van der Waals surface area contributed by atoms with E-state index in [1.54, 1.807) is 0 Å². The lowest BCUT2D eigenvalue weighted by atomic mass is 10.1. The van der Waals surface area contributed by atoms with E-state index < -0.39 is 11.8 Å². The van der Waals surface area contributed by atoms with Crippen LogP contribution in [0.25, 0.3) is 0 Å². The van der Waals surface area contributed by atoms with Crippen molar-refractivity contribution in [1.29, 1.82) is 0 Å². The Morgan fingerprint density at radius 1 is 1.61 bits per heavy atom. The van der Waals surface area contributed by atoms with Gasteiger partial charge in [0.25, 0.3) is 0 Å². The molecule has 0 radical (unpaired) electrons. The highest BCUT2D eigenvalue weighted by Gasteiger charge is 2.23. The standard InChI is InChI=1S/C12H13BrFNO3/c1-7-6-15(4-5-18-7)9-3-2-8(12(16)17)10(13)11(9)14/h2-3,7H,4-6H2,1H3,(H,16,17). The smallest absolute Gasteiger partial charge is 0.336 e. The molecule has 0 spiro atoms. The Morgan fingerprint density at radius 2 is 2.33 bits per heavy atom. The highest BCUT2D eigenvalue weighted by molar-refractivity contribution is 9.10. The number of carboxylic acid groups (broad SMARTS) is 1. The van der Waals surface area contributed by atoms with Gasteiger partial charge in [-0.05, 0) is 35.0 Å². The van der Waals surface area contributed by atoms with E-state index >= 15 is 0 Å². The lowest BCUT2D eigenvalue weighted by Crippen LogP contribution is -2.41. The molecule has 0 amide bonds. The van der Waals surface area contributed by atoms with Crippen LogP contribution in [-0.2, 0) is 4.74 Å². The van der Waals surface area contributed by atoms with E-state index in [0.29, 0.717) is 25.4 Å². The maximum atomic E-state index is 14.1.